The fraction of sp³-hybridized carbons (Fsp3) is 0.429. The molecule has 0 aliphatic carbocycles. The van der Waals surface area contributed by atoms with Crippen LogP contribution in [0.5, 0.6) is 5.75 Å². The van der Waals surface area contributed by atoms with Crippen LogP contribution in [0.2, 0.25) is 0 Å². The van der Waals surface area contributed by atoms with Crippen LogP contribution in [-0.4, -0.2) is 32.0 Å². The largest absolute Gasteiger partial charge is 0.490 e. The van der Waals surface area contributed by atoms with Gasteiger partial charge < -0.3 is 15.0 Å². The van der Waals surface area contributed by atoms with E-state index in [2.05, 4.69) is 5.32 Å². The molecule has 0 atom stereocenters. The lowest BCUT2D eigenvalue weighted by Crippen LogP contribution is -2.38. The minimum absolute atomic E-state index is 0.0428. The molecule has 2 rings (SSSR count). The summed E-state index contributed by atoms with van der Waals surface area (Å²) in [5.41, 5.74) is 1.88. The zero-order valence-corrected chi connectivity index (χ0v) is 11.2. The van der Waals surface area contributed by atoms with Crippen molar-refractivity contribution in [2.45, 2.75) is 19.8 Å². The Bertz CT molecular complexity index is 499. The summed E-state index contributed by atoms with van der Waals surface area (Å²) in [6.07, 6.45) is 0.431. The van der Waals surface area contributed by atoms with Gasteiger partial charge in [0, 0.05) is 19.9 Å². The van der Waals surface area contributed by atoms with Gasteiger partial charge in [0.05, 0.1) is 12.2 Å². The van der Waals surface area contributed by atoms with E-state index in [1.807, 2.05) is 25.1 Å². The molecule has 1 aliphatic heterocycles. The third-order valence-corrected chi connectivity index (χ3v) is 3.12. The van der Waals surface area contributed by atoms with E-state index >= 15 is 0 Å². The maximum atomic E-state index is 12.2. The lowest BCUT2D eigenvalue weighted by Gasteiger charge is -2.29. The van der Waals surface area contributed by atoms with Crippen molar-refractivity contribution in [1.29, 1.82) is 0 Å². The maximum Gasteiger partial charge on any atom is 0.227 e. The van der Waals surface area contributed by atoms with Crippen LogP contribution >= 0.6 is 0 Å². The zero-order chi connectivity index (χ0) is 13.8. The average molecular weight is 262 g/mol. The molecule has 1 heterocycles. The molecular formula is C14H18N2O3. The Hall–Kier alpha value is -2.04. The topological polar surface area (TPSA) is 58.6 Å². The van der Waals surface area contributed by atoms with Crippen LogP contribution in [0.4, 0.5) is 5.69 Å². The van der Waals surface area contributed by atoms with Crippen molar-refractivity contribution in [2.24, 2.45) is 0 Å². The molecule has 0 saturated heterocycles. The van der Waals surface area contributed by atoms with Crippen LogP contribution in [0.3, 0.4) is 0 Å². The number of fused-ring (bicyclic) bond motifs is 1. The number of anilines is 1. The molecule has 0 bridgehead atoms. The molecule has 1 aliphatic rings. The van der Waals surface area contributed by atoms with E-state index < -0.39 is 0 Å². The highest BCUT2D eigenvalue weighted by Gasteiger charge is 2.23. The fourth-order valence-corrected chi connectivity index (χ4v) is 2.07. The number of benzene rings is 1. The molecule has 1 aromatic carbocycles. The van der Waals surface area contributed by atoms with Gasteiger partial charge in [-0.2, -0.15) is 0 Å². The number of carbonyl (C=O) groups is 2. The van der Waals surface area contributed by atoms with Gasteiger partial charge in [0.2, 0.25) is 11.8 Å². The van der Waals surface area contributed by atoms with Crippen molar-refractivity contribution in [3.05, 3.63) is 23.8 Å². The molecular weight excluding hydrogens is 244 g/mol. The van der Waals surface area contributed by atoms with E-state index in [0.717, 1.165) is 17.0 Å². The number of ether oxygens (including phenoxy) is 1. The van der Waals surface area contributed by atoms with Crippen molar-refractivity contribution < 1.29 is 14.3 Å². The summed E-state index contributed by atoms with van der Waals surface area (Å²) >= 11 is 0. The number of carbonyl (C=O) groups excluding carboxylic acids is 2. The molecule has 102 valence electrons. The minimum atomic E-state index is -0.119. The van der Waals surface area contributed by atoms with Gasteiger partial charge in [-0.1, -0.05) is 6.07 Å². The van der Waals surface area contributed by atoms with Crippen LogP contribution < -0.4 is 15.0 Å². The Morgan fingerprint density at radius 1 is 1.37 bits per heavy atom. The molecule has 0 spiro atoms. The van der Waals surface area contributed by atoms with Crippen LogP contribution in [0.25, 0.3) is 0 Å². The molecule has 1 aromatic rings. The summed E-state index contributed by atoms with van der Waals surface area (Å²) in [5.74, 6) is 0.565. The summed E-state index contributed by atoms with van der Waals surface area (Å²) in [5, 5.41) is 2.52. The van der Waals surface area contributed by atoms with Gasteiger partial charge >= 0.3 is 0 Å². The maximum absolute atomic E-state index is 12.2. The molecule has 0 saturated carbocycles. The second-order valence-corrected chi connectivity index (χ2v) is 4.54. The third kappa shape index (κ3) is 3.05. The second kappa shape index (κ2) is 5.73. The van der Waals surface area contributed by atoms with Crippen LogP contribution in [0.1, 0.15) is 18.4 Å². The summed E-state index contributed by atoms with van der Waals surface area (Å²) < 4.78 is 5.53. The van der Waals surface area contributed by atoms with Crippen molar-refractivity contribution in [3.63, 3.8) is 0 Å². The molecule has 19 heavy (non-hydrogen) atoms. The van der Waals surface area contributed by atoms with E-state index in [1.165, 1.54) is 0 Å². The molecule has 0 unspecified atom stereocenters. The van der Waals surface area contributed by atoms with E-state index in [1.54, 1.807) is 11.9 Å². The van der Waals surface area contributed by atoms with Gasteiger partial charge in [-0.15, -0.1) is 0 Å². The van der Waals surface area contributed by atoms with Crippen molar-refractivity contribution in [2.75, 3.05) is 25.1 Å². The van der Waals surface area contributed by atoms with Gasteiger partial charge in [0.15, 0.2) is 0 Å². The molecule has 0 fully saturated rings. The van der Waals surface area contributed by atoms with E-state index in [9.17, 15) is 9.59 Å². The Balaban J connectivity index is 2.12. The first-order valence-electron chi connectivity index (χ1n) is 6.36. The second-order valence-electron chi connectivity index (χ2n) is 4.54. The third-order valence-electron chi connectivity index (χ3n) is 3.12. The minimum Gasteiger partial charge on any atom is -0.490 e. The predicted molar refractivity (Wildman–Crippen MR) is 72.3 cm³/mol. The first-order chi connectivity index (χ1) is 9.11. The lowest BCUT2D eigenvalue weighted by atomic mass is 10.1. The monoisotopic (exact) mass is 262 g/mol. The first-order valence-corrected chi connectivity index (χ1v) is 6.36. The number of aryl methyl sites for hydroxylation is 1. The van der Waals surface area contributed by atoms with Crippen LogP contribution in [0.15, 0.2) is 18.2 Å². The van der Waals surface area contributed by atoms with Gasteiger partial charge in [0.25, 0.3) is 0 Å². The van der Waals surface area contributed by atoms with Crippen molar-refractivity contribution in [3.8, 4) is 5.75 Å². The summed E-state index contributed by atoms with van der Waals surface area (Å²) in [7, 11) is 1.57. The Morgan fingerprint density at radius 3 is 2.89 bits per heavy atom. The van der Waals surface area contributed by atoms with Gasteiger partial charge in [-0.05, 0) is 24.6 Å². The quantitative estimate of drug-likeness (QED) is 0.891. The van der Waals surface area contributed by atoms with Crippen LogP contribution in [0, 0.1) is 6.92 Å². The first kappa shape index (κ1) is 13.4. The number of hydrogen-bond acceptors (Lipinski definition) is 3. The highest BCUT2D eigenvalue weighted by Crippen LogP contribution is 2.32. The number of amides is 2. The van der Waals surface area contributed by atoms with E-state index in [-0.39, 0.29) is 24.7 Å². The molecule has 0 radical (unpaired) electrons. The molecule has 2 amide bonds. The Kier molecular flexibility index (Phi) is 4.04. The van der Waals surface area contributed by atoms with Gasteiger partial charge in [-0.3, -0.25) is 9.59 Å². The SMILES string of the molecule is CNC(=O)CCC(=O)N1CCOc2ccc(C)cc21. The Morgan fingerprint density at radius 2 is 2.16 bits per heavy atom. The highest BCUT2D eigenvalue weighted by atomic mass is 16.5. The van der Waals surface area contributed by atoms with Crippen molar-refractivity contribution in [1.82, 2.24) is 5.32 Å². The molecule has 1 N–H and O–H groups in total. The number of nitrogens with one attached hydrogen (secondary N) is 1. The number of nitrogens with zero attached hydrogens (tertiary/aromatic N) is 1. The van der Waals surface area contributed by atoms with Gasteiger partial charge in [0.1, 0.15) is 12.4 Å². The molecule has 5 heteroatoms. The van der Waals surface area contributed by atoms with E-state index in [4.69, 9.17) is 4.74 Å². The smallest absolute Gasteiger partial charge is 0.227 e. The average Bonchev–Trinajstić information content (AvgIpc) is 2.43. The Labute approximate surface area is 112 Å². The lowest BCUT2D eigenvalue weighted by molar-refractivity contribution is -0.125. The number of hydrogen-bond donors (Lipinski definition) is 1. The predicted octanol–water partition coefficient (Wildman–Crippen LogP) is 1.25. The van der Waals surface area contributed by atoms with Gasteiger partial charge in [-0.25, -0.2) is 0 Å². The fourth-order valence-electron chi connectivity index (χ4n) is 2.07. The summed E-state index contributed by atoms with van der Waals surface area (Å²) in [6, 6.07) is 5.77. The van der Waals surface area contributed by atoms with Crippen molar-refractivity contribution >= 4 is 17.5 Å². The van der Waals surface area contributed by atoms with E-state index in [0.29, 0.717) is 13.2 Å². The molecule has 5 nitrogen and oxygen atoms in total. The standard InChI is InChI=1S/C14H18N2O3/c1-10-3-4-12-11(9-10)16(7-8-19-12)14(18)6-5-13(17)15-2/h3-4,9H,5-8H2,1-2H3,(H,15,17). The van der Waals surface area contributed by atoms with Crippen LogP contribution in [-0.2, 0) is 9.59 Å². The highest BCUT2D eigenvalue weighted by molar-refractivity contribution is 5.97. The summed E-state index contributed by atoms with van der Waals surface area (Å²) in [6.45, 7) is 2.99. The normalized spacial score (nSPS) is 13.5. The zero-order valence-electron chi connectivity index (χ0n) is 11.2. The summed E-state index contributed by atoms with van der Waals surface area (Å²) in [4.78, 5) is 25.1. The number of rotatable bonds is 3. The molecule has 0 aromatic heterocycles.